The van der Waals surface area contributed by atoms with E-state index in [4.69, 9.17) is 5.73 Å². The van der Waals surface area contributed by atoms with Crippen LogP contribution in [-0.2, 0) is 10.0 Å². The molecule has 2 heterocycles. The lowest BCUT2D eigenvalue weighted by Gasteiger charge is -2.35. The minimum atomic E-state index is -3.44. The number of aromatic amines is 1. The fourth-order valence-corrected chi connectivity index (χ4v) is 3.73. The van der Waals surface area contributed by atoms with Crippen molar-refractivity contribution in [2.24, 2.45) is 0 Å². The number of nitrogens with one attached hydrogen (secondary N) is 1. The molecule has 0 unspecified atom stereocenters. The summed E-state index contributed by atoms with van der Waals surface area (Å²) in [6, 6.07) is 7.61. The average Bonchev–Trinajstić information content (AvgIpc) is 3.03. The lowest BCUT2D eigenvalue weighted by Crippen LogP contribution is -2.48. The number of piperazine rings is 1. The number of rotatable bonds is 3. The molecule has 8 heteroatoms. The Bertz CT molecular complexity index is 689. The fraction of sp³-hybridized carbons (Fsp3) is 0.308. The summed E-state index contributed by atoms with van der Waals surface area (Å²) in [5.41, 5.74) is 7.46. The van der Waals surface area contributed by atoms with Gasteiger partial charge in [0.1, 0.15) is 4.90 Å². The molecule has 1 aromatic carbocycles. The molecule has 1 saturated heterocycles. The Balaban J connectivity index is 1.69. The topological polar surface area (TPSA) is 95.3 Å². The van der Waals surface area contributed by atoms with Gasteiger partial charge >= 0.3 is 0 Å². The van der Waals surface area contributed by atoms with Gasteiger partial charge in [-0.25, -0.2) is 8.42 Å². The summed E-state index contributed by atoms with van der Waals surface area (Å²) in [5.74, 6) is 0. The van der Waals surface area contributed by atoms with Gasteiger partial charge in [0.2, 0.25) is 10.0 Å². The molecule has 0 atom stereocenters. The summed E-state index contributed by atoms with van der Waals surface area (Å²) in [6.45, 7) is 2.22. The maximum absolute atomic E-state index is 12.4. The molecule has 7 nitrogen and oxygen atoms in total. The summed E-state index contributed by atoms with van der Waals surface area (Å²) in [6.07, 6.45) is 2.74. The first-order chi connectivity index (χ1) is 10.1. The second kappa shape index (κ2) is 5.38. The number of hydrogen-bond donors (Lipinski definition) is 2. The summed E-state index contributed by atoms with van der Waals surface area (Å²) < 4.78 is 26.2. The standard InChI is InChI=1S/C13H17N5O2S/c14-11-1-3-12(4-2-11)17-5-7-18(8-6-17)21(19,20)13-9-15-16-10-13/h1-4,9-10H,5-8,14H2,(H,15,16). The molecule has 2 aromatic rings. The van der Waals surface area contributed by atoms with Gasteiger partial charge in [0.15, 0.2) is 0 Å². The highest BCUT2D eigenvalue weighted by Crippen LogP contribution is 2.21. The van der Waals surface area contributed by atoms with Gasteiger partial charge in [0.05, 0.1) is 6.20 Å². The number of hydrogen-bond acceptors (Lipinski definition) is 5. The van der Waals surface area contributed by atoms with Crippen molar-refractivity contribution in [3.8, 4) is 0 Å². The van der Waals surface area contributed by atoms with Crippen LogP contribution in [0.15, 0.2) is 41.6 Å². The van der Waals surface area contributed by atoms with E-state index in [9.17, 15) is 8.42 Å². The molecular weight excluding hydrogens is 290 g/mol. The summed E-state index contributed by atoms with van der Waals surface area (Å²) in [5, 5.41) is 6.24. The maximum atomic E-state index is 12.4. The van der Waals surface area contributed by atoms with E-state index in [-0.39, 0.29) is 4.90 Å². The van der Waals surface area contributed by atoms with E-state index in [1.807, 2.05) is 24.3 Å². The van der Waals surface area contributed by atoms with Crippen LogP contribution >= 0.6 is 0 Å². The third-order valence-corrected chi connectivity index (χ3v) is 5.47. The molecule has 1 aromatic heterocycles. The first-order valence-corrected chi connectivity index (χ1v) is 8.11. The lowest BCUT2D eigenvalue weighted by molar-refractivity contribution is 0.385. The number of nitrogen functional groups attached to an aromatic ring is 1. The molecule has 1 aliphatic heterocycles. The first kappa shape index (κ1) is 13.9. The normalized spacial score (nSPS) is 17.0. The van der Waals surface area contributed by atoms with Crippen LogP contribution in [0.2, 0.25) is 0 Å². The minimum absolute atomic E-state index is 0.212. The predicted octanol–water partition coefficient (Wildman–Crippen LogP) is 0.503. The van der Waals surface area contributed by atoms with Gasteiger partial charge in [-0.05, 0) is 24.3 Å². The number of nitrogens with two attached hydrogens (primary N) is 1. The summed E-state index contributed by atoms with van der Waals surface area (Å²) in [4.78, 5) is 2.37. The van der Waals surface area contributed by atoms with Gasteiger partial charge in [-0.15, -0.1) is 0 Å². The molecule has 0 amide bonds. The molecule has 1 fully saturated rings. The molecule has 0 radical (unpaired) electrons. The molecule has 0 spiro atoms. The van der Waals surface area contributed by atoms with Crippen molar-refractivity contribution >= 4 is 21.4 Å². The quantitative estimate of drug-likeness (QED) is 0.805. The van der Waals surface area contributed by atoms with Gasteiger partial charge in [-0.2, -0.15) is 9.40 Å². The largest absolute Gasteiger partial charge is 0.399 e. The monoisotopic (exact) mass is 307 g/mol. The van der Waals surface area contributed by atoms with Crippen LogP contribution in [0.1, 0.15) is 0 Å². The van der Waals surface area contributed by atoms with Gasteiger partial charge in [-0.1, -0.05) is 0 Å². The van der Waals surface area contributed by atoms with E-state index in [2.05, 4.69) is 15.1 Å². The molecule has 1 aliphatic rings. The van der Waals surface area contributed by atoms with Crippen LogP contribution in [0.4, 0.5) is 11.4 Å². The zero-order chi connectivity index (χ0) is 14.9. The summed E-state index contributed by atoms with van der Waals surface area (Å²) in [7, 11) is -3.44. The highest BCUT2D eigenvalue weighted by atomic mass is 32.2. The zero-order valence-electron chi connectivity index (χ0n) is 11.4. The third kappa shape index (κ3) is 2.72. The van der Waals surface area contributed by atoms with Crippen LogP contribution in [0.3, 0.4) is 0 Å². The van der Waals surface area contributed by atoms with E-state index in [1.54, 1.807) is 0 Å². The summed E-state index contributed by atoms with van der Waals surface area (Å²) >= 11 is 0. The molecule has 3 rings (SSSR count). The Morgan fingerprint density at radius 2 is 1.76 bits per heavy atom. The van der Waals surface area contributed by atoms with Gasteiger partial charge in [-0.3, -0.25) is 5.10 Å². The Kier molecular flexibility index (Phi) is 3.56. The SMILES string of the molecule is Nc1ccc(N2CCN(S(=O)(=O)c3cn[nH]c3)CC2)cc1. The second-order valence-corrected chi connectivity index (χ2v) is 6.85. The number of sulfonamides is 1. The number of benzene rings is 1. The van der Waals surface area contributed by atoms with Gasteiger partial charge in [0, 0.05) is 43.8 Å². The van der Waals surface area contributed by atoms with Gasteiger partial charge < -0.3 is 10.6 Å². The zero-order valence-corrected chi connectivity index (χ0v) is 12.3. The second-order valence-electron chi connectivity index (χ2n) is 4.92. The minimum Gasteiger partial charge on any atom is -0.399 e. The van der Waals surface area contributed by atoms with Crippen molar-refractivity contribution in [2.75, 3.05) is 36.8 Å². The number of anilines is 2. The van der Waals surface area contributed by atoms with E-state index < -0.39 is 10.0 Å². The van der Waals surface area contributed by atoms with Crippen LogP contribution < -0.4 is 10.6 Å². The van der Waals surface area contributed by atoms with Crippen molar-refractivity contribution in [1.82, 2.24) is 14.5 Å². The van der Waals surface area contributed by atoms with E-state index in [0.29, 0.717) is 26.2 Å². The predicted molar refractivity (Wildman–Crippen MR) is 80.4 cm³/mol. The van der Waals surface area contributed by atoms with Gasteiger partial charge in [0.25, 0.3) is 0 Å². The number of aromatic nitrogens is 2. The smallest absolute Gasteiger partial charge is 0.246 e. The van der Waals surface area contributed by atoms with E-state index in [0.717, 1.165) is 11.4 Å². The Morgan fingerprint density at radius 1 is 1.10 bits per heavy atom. The van der Waals surface area contributed by atoms with Crippen molar-refractivity contribution in [1.29, 1.82) is 0 Å². The molecule has 0 bridgehead atoms. The highest BCUT2D eigenvalue weighted by molar-refractivity contribution is 7.89. The van der Waals surface area contributed by atoms with E-state index in [1.165, 1.54) is 16.7 Å². The Morgan fingerprint density at radius 3 is 2.33 bits per heavy atom. The number of nitrogens with zero attached hydrogens (tertiary/aromatic N) is 3. The molecule has 3 N–H and O–H groups in total. The molecular formula is C13H17N5O2S. The molecule has 112 valence electrons. The lowest BCUT2D eigenvalue weighted by atomic mass is 10.2. The molecule has 21 heavy (non-hydrogen) atoms. The van der Waals surface area contributed by atoms with Crippen molar-refractivity contribution in [3.05, 3.63) is 36.7 Å². The Hall–Kier alpha value is -2.06. The van der Waals surface area contributed by atoms with Crippen molar-refractivity contribution in [2.45, 2.75) is 4.90 Å². The number of H-pyrrole nitrogens is 1. The van der Waals surface area contributed by atoms with E-state index >= 15 is 0 Å². The molecule has 0 aliphatic carbocycles. The van der Waals surface area contributed by atoms with Crippen LogP contribution in [-0.4, -0.2) is 49.1 Å². The highest BCUT2D eigenvalue weighted by Gasteiger charge is 2.29. The van der Waals surface area contributed by atoms with Crippen molar-refractivity contribution in [3.63, 3.8) is 0 Å². The maximum Gasteiger partial charge on any atom is 0.246 e. The van der Waals surface area contributed by atoms with Crippen LogP contribution in [0, 0.1) is 0 Å². The first-order valence-electron chi connectivity index (χ1n) is 6.67. The Labute approximate surface area is 123 Å². The van der Waals surface area contributed by atoms with Crippen LogP contribution in [0.25, 0.3) is 0 Å². The van der Waals surface area contributed by atoms with Crippen LogP contribution in [0.5, 0.6) is 0 Å². The van der Waals surface area contributed by atoms with Crippen molar-refractivity contribution < 1.29 is 8.42 Å². The fourth-order valence-electron chi connectivity index (χ4n) is 2.40. The third-order valence-electron chi connectivity index (χ3n) is 3.61. The molecule has 0 saturated carbocycles. The average molecular weight is 307 g/mol.